The van der Waals surface area contributed by atoms with Crippen LogP contribution in [-0.2, 0) is 19.4 Å². The lowest BCUT2D eigenvalue weighted by Gasteiger charge is -2.34. The van der Waals surface area contributed by atoms with Crippen molar-refractivity contribution in [2.24, 2.45) is 29.6 Å². The van der Waals surface area contributed by atoms with E-state index in [0.29, 0.717) is 54.6 Å². The second-order valence-corrected chi connectivity index (χ2v) is 14.6. The Hall–Kier alpha value is -1.11. The normalized spacial score (nSPS) is 28.2. The number of hydrogen-bond acceptors (Lipinski definition) is 4. The van der Waals surface area contributed by atoms with Crippen LogP contribution in [-0.4, -0.2) is 55.3 Å². The molecule has 1 N–H and O–H groups in total. The number of nitrogens with one attached hydrogen (secondary N) is 1. The van der Waals surface area contributed by atoms with Crippen LogP contribution in [0.1, 0.15) is 98.3 Å². The lowest BCUT2D eigenvalue weighted by atomic mass is 9.84. The smallest absolute Gasteiger partial charge is 0.225 e. The highest BCUT2D eigenvalue weighted by molar-refractivity contribution is 7.92. The molecule has 0 aliphatic heterocycles. The first kappa shape index (κ1) is 27.5. The van der Waals surface area contributed by atoms with Gasteiger partial charge in [0, 0.05) is 31.5 Å². The predicted octanol–water partition coefficient (Wildman–Crippen LogP) is 4.58. The second kappa shape index (κ2) is 12.2. The summed E-state index contributed by atoms with van der Waals surface area (Å²) < 4.78 is 25.1. The van der Waals surface area contributed by atoms with E-state index in [0.717, 1.165) is 64.5 Å². The molecule has 0 unspecified atom stereocenters. The summed E-state index contributed by atoms with van der Waals surface area (Å²) in [4.78, 5) is 27.8. The van der Waals surface area contributed by atoms with E-state index in [1.54, 1.807) is 0 Å². The zero-order chi connectivity index (χ0) is 24.9. The van der Waals surface area contributed by atoms with Crippen molar-refractivity contribution in [2.45, 2.75) is 110 Å². The summed E-state index contributed by atoms with van der Waals surface area (Å²) in [5, 5.41) is 3.02. The van der Waals surface area contributed by atoms with Crippen molar-refractivity contribution in [3.63, 3.8) is 0 Å². The number of carbonyl (C=O) groups is 2. The Kier molecular flexibility index (Phi) is 9.88. The summed E-state index contributed by atoms with van der Waals surface area (Å²) in [6, 6.07) is 0.162. The minimum absolute atomic E-state index is 0.0820. The van der Waals surface area contributed by atoms with Gasteiger partial charge in [-0.05, 0) is 87.9 Å². The molecule has 0 radical (unpaired) electrons. The number of nitrogens with zero attached hydrogens (tertiary/aromatic N) is 1. The number of amides is 2. The Morgan fingerprint density at radius 2 is 1.32 bits per heavy atom. The second-order valence-electron chi connectivity index (χ2n) is 12.3. The zero-order valence-electron chi connectivity index (χ0n) is 21.9. The molecule has 2 amide bonds. The summed E-state index contributed by atoms with van der Waals surface area (Å²) in [6.45, 7) is 10.3. The largest absolute Gasteiger partial charge is 0.353 e. The molecule has 34 heavy (non-hydrogen) atoms. The van der Waals surface area contributed by atoms with E-state index in [1.165, 1.54) is 0 Å². The molecule has 0 spiro atoms. The summed E-state index contributed by atoms with van der Waals surface area (Å²) in [5.41, 5.74) is 0. The molecule has 0 atom stereocenters. The van der Waals surface area contributed by atoms with Gasteiger partial charge in [-0.15, -0.1) is 0 Å². The van der Waals surface area contributed by atoms with Crippen molar-refractivity contribution in [3.05, 3.63) is 0 Å². The SMILES string of the molecule is CC(C)CN(CC(C)C)C(=O)C1CCC(NC(=O)CC2CCC(S(=O)(=O)CC3CC3)CC2)CC1. The van der Waals surface area contributed by atoms with Gasteiger partial charge in [0.15, 0.2) is 9.84 Å². The molecule has 0 aromatic carbocycles. The Labute approximate surface area is 207 Å². The lowest BCUT2D eigenvalue weighted by Crippen LogP contribution is -2.44. The monoisotopic (exact) mass is 496 g/mol. The molecule has 3 aliphatic rings. The van der Waals surface area contributed by atoms with Gasteiger partial charge in [0.05, 0.1) is 11.0 Å². The molecule has 0 bridgehead atoms. The average Bonchev–Trinajstić information content (AvgIpc) is 3.56. The lowest BCUT2D eigenvalue weighted by molar-refractivity contribution is -0.137. The fourth-order valence-electron chi connectivity index (χ4n) is 5.87. The maximum absolute atomic E-state index is 13.1. The molecule has 3 rings (SSSR count). The first-order valence-electron chi connectivity index (χ1n) is 13.8. The van der Waals surface area contributed by atoms with Gasteiger partial charge in [-0.3, -0.25) is 9.59 Å². The minimum Gasteiger partial charge on any atom is -0.353 e. The predicted molar refractivity (Wildman–Crippen MR) is 137 cm³/mol. The van der Waals surface area contributed by atoms with Gasteiger partial charge in [-0.1, -0.05) is 27.7 Å². The molecule has 0 heterocycles. The van der Waals surface area contributed by atoms with Crippen molar-refractivity contribution in [1.82, 2.24) is 10.2 Å². The third-order valence-electron chi connectivity index (χ3n) is 7.86. The fourth-order valence-corrected chi connectivity index (χ4v) is 8.12. The average molecular weight is 497 g/mol. The highest BCUT2D eigenvalue weighted by atomic mass is 32.2. The van der Waals surface area contributed by atoms with Crippen LogP contribution < -0.4 is 5.32 Å². The van der Waals surface area contributed by atoms with Gasteiger partial charge >= 0.3 is 0 Å². The third-order valence-corrected chi connectivity index (χ3v) is 10.3. The summed E-state index contributed by atoms with van der Waals surface area (Å²) in [7, 11) is -2.96. The first-order chi connectivity index (χ1) is 16.0. The molecule has 0 saturated heterocycles. The van der Waals surface area contributed by atoms with E-state index >= 15 is 0 Å². The van der Waals surface area contributed by atoms with Gasteiger partial charge < -0.3 is 10.2 Å². The molecular formula is C27H48N2O4S. The van der Waals surface area contributed by atoms with Gasteiger partial charge in [-0.2, -0.15) is 0 Å². The van der Waals surface area contributed by atoms with Gasteiger partial charge in [0.2, 0.25) is 11.8 Å². The molecule has 7 heteroatoms. The van der Waals surface area contributed by atoms with Crippen molar-refractivity contribution >= 4 is 21.7 Å². The Morgan fingerprint density at radius 3 is 1.82 bits per heavy atom. The van der Waals surface area contributed by atoms with Gasteiger partial charge in [-0.25, -0.2) is 8.42 Å². The van der Waals surface area contributed by atoms with E-state index in [9.17, 15) is 18.0 Å². The van der Waals surface area contributed by atoms with Crippen LogP contribution in [0.5, 0.6) is 0 Å². The highest BCUT2D eigenvalue weighted by Crippen LogP contribution is 2.36. The van der Waals surface area contributed by atoms with Crippen LogP contribution in [0.15, 0.2) is 0 Å². The number of sulfone groups is 1. The minimum atomic E-state index is -2.96. The van der Waals surface area contributed by atoms with Crippen molar-refractivity contribution in [2.75, 3.05) is 18.8 Å². The quantitative estimate of drug-likeness (QED) is 0.454. The molecule has 196 valence electrons. The van der Waals surface area contributed by atoms with E-state index in [1.807, 2.05) is 0 Å². The standard InChI is InChI=1S/C27H48N2O4S/c1-19(2)16-29(17-20(3)4)27(31)23-9-11-24(12-10-23)28-26(30)15-21-7-13-25(14-8-21)34(32,33)18-22-5-6-22/h19-25H,5-18H2,1-4H3,(H,28,30). The van der Waals surface area contributed by atoms with E-state index in [-0.39, 0.29) is 23.1 Å². The topological polar surface area (TPSA) is 83.6 Å². The molecular weight excluding hydrogens is 448 g/mol. The van der Waals surface area contributed by atoms with E-state index < -0.39 is 9.84 Å². The van der Waals surface area contributed by atoms with Gasteiger partial charge in [0.1, 0.15) is 0 Å². The molecule has 6 nitrogen and oxygen atoms in total. The molecule has 3 aliphatic carbocycles. The number of rotatable bonds is 11. The van der Waals surface area contributed by atoms with Crippen LogP contribution in [0, 0.1) is 29.6 Å². The van der Waals surface area contributed by atoms with Crippen LogP contribution in [0.3, 0.4) is 0 Å². The highest BCUT2D eigenvalue weighted by Gasteiger charge is 2.36. The molecule has 3 saturated carbocycles. The summed E-state index contributed by atoms with van der Waals surface area (Å²) >= 11 is 0. The fraction of sp³-hybridized carbons (Fsp3) is 0.926. The maximum atomic E-state index is 13.1. The maximum Gasteiger partial charge on any atom is 0.225 e. The van der Waals surface area contributed by atoms with E-state index in [2.05, 4.69) is 37.9 Å². The molecule has 0 aromatic heterocycles. The van der Waals surface area contributed by atoms with E-state index in [4.69, 9.17) is 0 Å². The summed E-state index contributed by atoms with van der Waals surface area (Å²) in [6.07, 6.45) is 9.17. The zero-order valence-corrected chi connectivity index (χ0v) is 22.7. The van der Waals surface area contributed by atoms with Crippen LogP contribution in [0.25, 0.3) is 0 Å². The number of carbonyl (C=O) groups excluding carboxylic acids is 2. The Morgan fingerprint density at radius 1 is 0.794 bits per heavy atom. The Bertz CT molecular complexity index is 764. The summed E-state index contributed by atoms with van der Waals surface area (Å²) in [5.74, 6) is 2.48. The molecule has 3 fully saturated rings. The first-order valence-corrected chi connectivity index (χ1v) is 15.5. The Balaban J connectivity index is 1.37. The van der Waals surface area contributed by atoms with Gasteiger partial charge in [0.25, 0.3) is 0 Å². The van der Waals surface area contributed by atoms with Crippen LogP contribution in [0.4, 0.5) is 0 Å². The van der Waals surface area contributed by atoms with Crippen molar-refractivity contribution < 1.29 is 18.0 Å². The van der Waals surface area contributed by atoms with Crippen molar-refractivity contribution in [3.8, 4) is 0 Å². The van der Waals surface area contributed by atoms with Crippen LogP contribution >= 0.6 is 0 Å². The molecule has 0 aromatic rings. The van der Waals surface area contributed by atoms with Crippen LogP contribution in [0.2, 0.25) is 0 Å². The van der Waals surface area contributed by atoms with Crippen molar-refractivity contribution in [1.29, 1.82) is 0 Å². The third kappa shape index (κ3) is 8.53. The number of hydrogen-bond donors (Lipinski definition) is 1.